The number of rotatable bonds is 3. The van der Waals surface area contributed by atoms with E-state index < -0.39 is 35.3 Å². The summed E-state index contributed by atoms with van der Waals surface area (Å²) in [4.78, 5) is 35.3. The Morgan fingerprint density at radius 2 is 0.920 bits per heavy atom. The second-order valence-corrected chi connectivity index (χ2v) is 7.23. The van der Waals surface area contributed by atoms with E-state index in [1.807, 2.05) is 0 Å². The summed E-state index contributed by atoms with van der Waals surface area (Å²) >= 11 is 0. The van der Waals surface area contributed by atoms with Gasteiger partial charge in [0, 0.05) is 19.3 Å². The van der Waals surface area contributed by atoms with Gasteiger partial charge in [-0.05, 0) is 25.2 Å². The maximum atomic E-state index is 11.8. The number of hydrogen-bond donors (Lipinski definition) is 0. The summed E-state index contributed by atoms with van der Waals surface area (Å²) in [5, 5.41) is 0. The third-order valence-corrected chi connectivity index (χ3v) is 5.31. The van der Waals surface area contributed by atoms with Gasteiger partial charge in [0.05, 0.1) is 21.3 Å². The van der Waals surface area contributed by atoms with Gasteiger partial charge in [0.2, 0.25) is 0 Å². The molecule has 0 spiro atoms. The number of hydrogen-bond acceptors (Lipinski definition) is 9. The van der Waals surface area contributed by atoms with Crippen LogP contribution in [-0.4, -0.2) is 56.6 Å². The largest absolute Gasteiger partial charge is 0.508 e. The highest BCUT2D eigenvalue weighted by Gasteiger charge is 2.69. The minimum atomic E-state index is -0.922. The van der Waals surface area contributed by atoms with Crippen molar-refractivity contribution < 1.29 is 42.8 Å². The van der Waals surface area contributed by atoms with Gasteiger partial charge in [0.1, 0.15) is 16.8 Å². The first-order chi connectivity index (χ1) is 11.8. The van der Waals surface area contributed by atoms with Gasteiger partial charge in [0.15, 0.2) is 0 Å². The highest BCUT2D eigenvalue weighted by atomic mass is 16.8. The number of methoxy groups -OCH3 is 3. The Labute approximate surface area is 144 Å². The number of ether oxygens (including phenoxy) is 6. The van der Waals surface area contributed by atoms with E-state index >= 15 is 0 Å². The lowest BCUT2D eigenvalue weighted by Gasteiger charge is -2.63. The Hall–Kier alpha value is -2.19. The van der Waals surface area contributed by atoms with Gasteiger partial charge >= 0.3 is 18.5 Å². The van der Waals surface area contributed by atoms with Crippen LogP contribution < -0.4 is 0 Å². The van der Waals surface area contributed by atoms with Crippen LogP contribution in [0.1, 0.15) is 38.5 Å². The zero-order valence-electron chi connectivity index (χ0n) is 14.5. The molecule has 0 atom stereocenters. The fraction of sp³-hybridized carbons (Fsp3) is 0.812. The molecule has 0 unspecified atom stereocenters. The minimum absolute atomic E-state index is 0.0650. The van der Waals surface area contributed by atoms with E-state index in [0.29, 0.717) is 38.5 Å². The van der Waals surface area contributed by atoms with Gasteiger partial charge in [-0.25, -0.2) is 14.4 Å². The molecule has 25 heavy (non-hydrogen) atoms. The highest BCUT2D eigenvalue weighted by molar-refractivity contribution is 5.63. The van der Waals surface area contributed by atoms with E-state index in [1.54, 1.807) is 0 Å². The zero-order chi connectivity index (χ0) is 18.3. The molecule has 0 N–H and O–H groups in total. The molecule has 4 fully saturated rings. The number of carbonyl (C=O) groups is 3. The highest BCUT2D eigenvalue weighted by Crippen LogP contribution is 2.63. The van der Waals surface area contributed by atoms with Gasteiger partial charge in [-0.15, -0.1) is 0 Å². The molecule has 0 saturated heterocycles. The van der Waals surface area contributed by atoms with Gasteiger partial charge in [-0.1, -0.05) is 0 Å². The first kappa shape index (κ1) is 17.6. The normalized spacial score (nSPS) is 37.8. The summed E-state index contributed by atoms with van der Waals surface area (Å²) in [7, 11) is 3.68. The number of carbonyl (C=O) groups excluding carboxylic acids is 3. The Morgan fingerprint density at radius 1 is 0.640 bits per heavy atom. The van der Waals surface area contributed by atoms with Gasteiger partial charge in [0.25, 0.3) is 0 Å². The van der Waals surface area contributed by atoms with Crippen LogP contribution in [0.2, 0.25) is 0 Å². The maximum absolute atomic E-state index is 11.8. The van der Waals surface area contributed by atoms with Crippen LogP contribution in [0.25, 0.3) is 0 Å². The summed E-state index contributed by atoms with van der Waals surface area (Å²) in [5.74, 6) is 0.0650. The van der Waals surface area contributed by atoms with Crippen molar-refractivity contribution in [3.8, 4) is 0 Å². The molecule has 0 aromatic rings. The molecular formula is C16H22O9. The molecule has 9 heteroatoms. The van der Waals surface area contributed by atoms with Crippen LogP contribution in [0.4, 0.5) is 14.4 Å². The van der Waals surface area contributed by atoms with Crippen molar-refractivity contribution in [1.29, 1.82) is 0 Å². The monoisotopic (exact) mass is 358 g/mol. The maximum Gasteiger partial charge on any atom is 0.508 e. The molecule has 0 heterocycles. The van der Waals surface area contributed by atoms with Gasteiger partial charge in [-0.2, -0.15) is 0 Å². The second-order valence-electron chi connectivity index (χ2n) is 7.23. The van der Waals surface area contributed by atoms with Crippen molar-refractivity contribution in [2.45, 2.75) is 55.3 Å². The standard InChI is InChI=1S/C16H22O9/c1-20-11(17)23-14-4-10-5-15(7-14,24-12(18)21-2)9-16(6-10,8-14)25-13(19)22-3/h10H,4-9H2,1-3H3. The van der Waals surface area contributed by atoms with Crippen molar-refractivity contribution in [2.24, 2.45) is 5.92 Å². The third-order valence-electron chi connectivity index (χ3n) is 5.31. The third kappa shape index (κ3) is 3.19. The Bertz CT molecular complexity index is 497. The summed E-state index contributed by atoms with van der Waals surface area (Å²) < 4.78 is 30.6. The molecule has 0 amide bonds. The summed E-state index contributed by atoms with van der Waals surface area (Å²) in [6.07, 6.45) is 0.282. The summed E-state index contributed by atoms with van der Waals surface area (Å²) in [6.45, 7) is 0. The summed E-state index contributed by atoms with van der Waals surface area (Å²) in [6, 6.07) is 0. The molecule has 0 aromatic heterocycles. The van der Waals surface area contributed by atoms with Gasteiger partial charge in [-0.3, -0.25) is 0 Å². The molecule has 4 saturated carbocycles. The smallest absolute Gasteiger partial charge is 0.438 e. The van der Waals surface area contributed by atoms with Crippen molar-refractivity contribution in [2.75, 3.05) is 21.3 Å². The molecule has 4 rings (SSSR count). The Kier molecular flexibility index (Phi) is 4.20. The quantitative estimate of drug-likeness (QED) is 0.555. The van der Waals surface area contributed by atoms with Gasteiger partial charge < -0.3 is 28.4 Å². The minimum Gasteiger partial charge on any atom is -0.438 e. The Balaban J connectivity index is 1.93. The van der Waals surface area contributed by atoms with Crippen molar-refractivity contribution >= 4 is 18.5 Å². The predicted molar refractivity (Wildman–Crippen MR) is 79.9 cm³/mol. The van der Waals surface area contributed by atoms with E-state index in [9.17, 15) is 14.4 Å². The molecule has 4 aliphatic carbocycles. The lowest BCUT2D eigenvalue weighted by Crippen LogP contribution is -2.68. The topological polar surface area (TPSA) is 107 Å². The van der Waals surface area contributed by atoms with Crippen molar-refractivity contribution in [1.82, 2.24) is 0 Å². The molecule has 4 aliphatic rings. The van der Waals surface area contributed by atoms with E-state index in [-0.39, 0.29) is 5.92 Å². The zero-order valence-corrected chi connectivity index (χ0v) is 14.5. The van der Waals surface area contributed by atoms with E-state index in [4.69, 9.17) is 14.2 Å². The van der Waals surface area contributed by atoms with Crippen molar-refractivity contribution in [3.05, 3.63) is 0 Å². The average molecular weight is 358 g/mol. The molecule has 0 aliphatic heterocycles. The SMILES string of the molecule is COC(=O)OC12CC3CC(OC(=O)OC)(C1)CC(OC(=O)OC)(C3)C2. The van der Waals surface area contributed by atoms with E-state index in [1.165, 1.54) is 21.3 Å². The van der Waals surface area contributed by atoms with Crippen LogP contribution in [0.5, 0.6) is 0 Å². The van der Waals surface area contributed by atoms with Crippen molar-refractivity contribution in [3.63, 3.8) is 0 Å². The van der Waals surface area contributed by atoms with Crippen LogP contribution in [0, 0.1) is 5.92 Å². The fourth-order valence-corrected chi connectivity index (χ4v) is 5.17. The Morgan fingerprint density at radius 3 is 1.16 bits per heavy atom. The molecule has 9 nitrogen and oxygen atoms in total. The molecular weight excluding hydrogens is 336 g/mol. The van der Waals surface area contributed by atoms with E-state index in [0.717, 1.165) is 0 Å². The molecule has 4 bridgehead atoms. The predicted octanol–water partition coefficient (Wildman–Crippen LogP) is 2.55. The van der Waals surface area contributed by atoms with Crippen LogP contribution >= 0.6 is 0 Å². The van der Waals surface area contributed by atoms with Crippen LogP contribution in [0.15, 0.2) is 0 Å². The average Bonchev–Trinajstić information content (AvgIpc) is 2.51. The molecule has 0 aromatic carbocycles. The van der Waals surface area contributed by atoms with E-state index in [2.05, 4.69) is 14.2 Å². The first-order valence-electron chi connectivity index (χ1n) is 8.08. The molecule has 140 valence electrons. The first-order valence-corrected chi connectivity index (χ1v) is 8.08. The lowest BCUT2D eigenvalue weighted by molar-refractivity contribution is -0.259. The second kappa shape index (κ2) is 5.96. The van der Waals surface area contributed by atoms with Crippen LogP contribution in [0.3, 0.4) is 0 Å². The summed E-state index contributed by atoms with van der Waals surface area (Å²) in [5.41, 5.74) is -2.77. The molecule has 0 radical (unpaired) electrons. The fourth-order valence-electron chi connectivity index (χ4n) is 5.17. The van der Waals surface area contributed by atoms with Crippen LogP contribution in [-0.2, 0) is 28.4 Å². The lowest BCUT2D eigenvalue weighted by atomic mass is 9.50.